The van der Waals surface area contributed by atoms with Crippen LogP contribution < -0.4 is 0 Å². The van der Waals surface area contributed by atoms with Crippen molar-refractivity contribution >= 4 is 12.2 Å². The van der Waals surface area contributed by atoms with E-state index in [9.17, 15) is 9.59 Å². The van der Waals surface area contributed by atoms with E-state index in [1.165, 1.54) is 0 Å². The van der Waals surface area contributed by atoms with Crippen LogP contribution >= 0.6 is 0 Å². The third-order valence-corrected chi connectivity index (χ3v) is 3.19. The van der Waals surface area contributed by atoms with Gasteiger partial charge < -0.3 is 9.69 Å². The standard InChI is InChI=1S/C11H20N2O2/c1-10(2,8-14)13-7-6-12(5)9(15)11(13,3)4/h8H,6-7H2,1-5H3. The second kappa shape index (κ2) is 3.59. The van der Waals surface area contributed by atoms with Crippen molar-refractivity contribution in [3.8, 4) is 0 Å². The smallest absolute Gasteiger partial charge is 0.242 e. The van der Waals surface area contributed by atoms with Crippen LogP contribution in [0.25, 0.3) is 0 Å². The zero-order chi connectivity index (χ0) is 11.9. The maximum Gasteiger partial charge on any atom is 0.242 e. The van der Waals surface area contributed by atoms with E-state index in [1.807, 2.05) is 32.6 Å². The molecule has 0 aliphatic carbocycles. The first-order valence-corrected chi connectivity index (χ1v) is 5.23. The highest BCUT2D eigenvalue weighted by Gasteiger charge is 2.46. The van der Waals surface area contributed by atoms with Gasteiger partial charge in [-0.15, -0.1) is 0 Å². The first-order valence-electron chi connectivity index (χ1n) is 5.23. The summed E-state index contributed by atoms with van der Waals surface area (Å²) in [4.78, 5) is 26.7. The Hall–Kier alpha value is -0.900. The quantitative estimate of drug-likeness (QED) is 0.626. The molecule has 1 amide bonds. The minimum atomic E-state index is -0.600. The minimum absolute atomic E-state index is 0.0728. The summed E-state index contributed by atoms with van der Waals surface area (Å²) in [6.45, 7) is 8.85. The van der Waals surface area contributed by atoms with Gasteiger partial charge in [0.25, 0.3) is 0 Å². The van der Waals surface area contributed by atoms with Crippen molar-refractivity contribution in [2.24, 2.45) is 0 Å². The topological polar surface area (TPSA) is 40.6 Å². The highest BCUT2D eigenvalue weighted by atomic mass is 16.2. The predicted octanol–water partition coefficient (Wildman–Crippen LogP) is 0.516. The van der Waals surface area contributed by atoms with E-state index in [0.29, 0.717) is 6.54 Å². The Balaban J connectivity index is 3.02. The highest BCUT2D eigenvalue weighted by molar-refractivity contribution is 5.86. The van der Waals surface area contributed by atoms with Gasteiger partial charge in [0, 0.05) is 20.1 Å². The van der Waals surface area contributed by atoms with Crippen LogP contribution in [0, 0.1) is 0 Å². The Morgan fingerprint density at radius 3 is 2.33 bits per heavy atom. The molecule has 0 spiro atoms. The van der Waals surface area contributed by atoms with Crippen molar-refractivity contribution in [1.29, 1.82) is 0 Å². The van der Waals surface area contributed by atoms with E-state index < -0.39 is 11.1 Å². The van der Waals surface area contributed by atoms with Crippen LogP contribution in [0.3, 0.4) is 0 Å². The third kappa shape index (κ3) is 1.91. The normalized spacial score (nSPS) is 23.0. The van der Waals surface area contributed by atoms with Crippen LogP contribution in [0.1, 0.15) is 27.7 Å². The summed E-state index contributed by atoms with van der Waals surface area (Å²) >= 11 is 0. The molecule has 15 heavy (non-hydrogen) atoms. The van der Waals surface area contributed by atoms with Crippen LogP contribution in [0.15, 0.2) is 0 Å². The first kappa shape index (κ1) is 12.2. The number of aldehydes is 1. The molecule has 86 valence electrons. The van der Waals surface area contributed by atoms with Gasteiger partial charge in [-0.1, -0.05) is 0 Å². The number of nitrogens with zero attached hydrogens (tertiary/aromatic N) is 2. The van der Waals surface area contributed by atoms with Crippen molar-refractivity contribution in [2.75, 3.05) is 20.1 Å². The molecule has 0 aromatic carbocycles. The van der Waals surface area contributed by atoms with Gasteiger partial charge >= 0.3 is 0 Å². The maximum absolute atomic E-state index is 12.0. The predicted molar refractivity (Wildman–Crippen MR) is 58.6 cm³/mol. The zero-order valence-corrected chi connectivity index (χ0v) is 10.2. The molecule has 1 aliphatic rings. The average molecular weight is 212 g/mol. The van der Waals surface area contributed by atoms with Gasteiger partial charge in [0.2, 0.25) is 5.91 Å². The molecular formula is C11H20N2O2. The largest absolute Gasteiger partial charge is 0.343 e. The van der Waals surface area contributed by atoms with E-state index in [2.05, 4.69) is 0 Å². The van der Waals surface area contributed by atoms with E-state index in [0.717, 1.165) is 12.8 Å². The summed E-state index contributed by atoms with van der Waals surface area (Å²) in [6.07, 6.45) is 0.910. The van der Waals surface area contributed by atoms with Gasteiger partial charge in [0.05, 0.1) is 11.1 Å². The second-order valence-electron chi connectivity index (χ2n) is 5.21. The summed E-state index contributed by atoms with van der Waals surface area (Å²) in [5.41, 5.74) is -1.18. The van der Waals surface area contributed by atoms with Gasteiger partial charge in [0.15, 0.2) is 0 Å². The number of amides is 1. The number of piperazine rings is 1. The Morgan fingerprint density at radius 1 is 1.33 bits per heavy atom. The Bertz CT molecular complexity index is 284. The van der Waals surface area contributed by atoms with Crippen LogP contribution in [-0.4, -0.2) is 53.2 Å². The molecule has 0 N–H and O–H groups in total. The van der Waals surface area contributed by atoms with E-state index in [1.54, 1.807) is 11.9 Å². The lowest BCUT2D eigenvalue weighted by molar-refractivity contribution is -0.154. The number of hydrogen-bond donors (Lipinski definition) is 0. The molecule has 0 saturated carbocycles. The Morgan fingerprint density at radius 2 is 1.87 bits per heavy atom. The number of carbonyl (C=O) groups is 2. The summed E-state index contributed by atoms with van der Waals surface area (Å²) < 4.78 is 0. The summed E-state index contributed by atoms with van der Waals surface area (Å²) in [7, 11) is 1.80. The number of carbonyl (C=O) groups excluding carboxylic acids is 2. The molecule has 0 radical (unpaired) electrons. The summed E-state index contributed by atoms with van der Waals surface area (Å²) in [5.74, 6) is 0.0728. The fraction of sp³-hybridized carbons (Fsp3) is 0.818. The highest BCUT2D eigenvalue weighted by Crippen LogP contribution is 2.28. The molecule has 1 fully saturated rings. The van der Waals surface area contributed by atoms with Gasteiger partial charge in [-0.3, -0.25) is 9.69 Å². The summed E-state index contributed by atoms with van der Waals surface area (Å²) in [6, 6.07) is 0. The molecule has 0 aromatic rings. The average Bonchev–Trinajstić information content (AvgIpc) is 2.14. The van der Waals surface area contributed by atoms with E-state index in [-0.39, 0.29) is 5.91 Å². The minimum Gasteiger partial charge on any atom is -0.343 e. The maximum atomic E-state index is 12.0. The van der Waals surface area contributed by atoms with Crippen LogP contribution in [0.4, 0.5) is 0 Å². The van der Waals surface area contributed by atoms with Gasteiger partial charge in [0.1, 0.15) is 6.29 Å². The molecule has 4 heteroatoms. The SMILES string of the molecule is CN1CCN(C(C)(C)C=O)C(C)(C)C1=O. The lowest BCUT2D eigenvalue weighted by atomic mass is 9.90. The van der Waals surface area contributed by atoms with Crippen molar-refractivity contribution in [3.63, 3.8) is 0 Å². The van der Waals surface area contributed by atoms with Crippen molar-refractivity contribution < 1.29 is 9.59 Å². The van der Waals surface area contributed by atoms with Gasteiger partial charge in [-0.25, -0.2) is 0 Å². The van der Waals surface area contributed by atoms with Crippen LogP contribution in [-0.2, 0) is 9.59 Å². The monoisotopic (exact) mass is 212 g/mol. The van der Waals surface area contributed by atoms with Gasteiger partial charge in [-0.05, 0) is 27.7 Å². The number of hydrogen-bond acceptors (Lipinski definition) is 3. The Kier molecular flexibility index (Phi) is 2.92. The van der Waals surface area contributed by atoms with Crippen molar-refractivity contribution in [1.82, 2.24) is 9.80 Å². The lowest BCUT2D eigenvalue weighted by Crippen LogP contribution is -2.67. The fourth-order valence-corrected chi connectivity index (χ4v) is 2.29. The Labute approximate surface area is 91.2 Å². The molecule has 0 aromatic heterocycles. The molecule has 1 saturated heterocycles. The first-order chi connectivity index (χ1) is 6.73. The molecule has 4 nitrogen and oxygen atoms in total. The fourth-order valence-electron chi connectivity index (χ4n) is 2.29. The molecule has 0 unspecified atom stereocenters. The van der Waals surface area contributed by atoms with Crippen LogP contribution in [0.5, 0.6) is 0 Å². The van der Waals surface area contributed by atoms with E-state index in [4.69, 9.17) is 0 Å². The molecule has 1 heterocycles. The lowest BCUT2D eigenvalue weighted by Gasteiger charge is -2.50. The second-order valence-corrected chi connectivity index (χ2v) is 5.21. The zero-order valence-electron chi connectivity index (χ0n) is 10.2. The molecule has 1 rings (SSSR count). The molecule has 0 bridgehead atoms. The van der Waals surface area contributed by atoms with Crippen LogP contribution in [0.2, 0.25) is 0 Å². The molecule has 0 atom stereocenters. The molecule has 1 aliphatic heterocycles. The van der Waals surface area contributed by atoms with Crippen molar-refractivity contribution in [3.05, 3.63) is 0 Å². The third-order valence-electron chi connectivity index (χ3n) is 3.19. The summed E-state index contributed by atoms with van der Waals surface area (Å²) in [5, 5.41) is 0. The van der Waals surface area contributed by atoms with E-state index >= 15 is 0 Å². The number of rotatable bonds is 2. The van der Waals surface area contributed by atoms with Crippen molar-refractivity contribution in [2.45, 2.75) is 38.8 Å². The van der Waals surface area contributed by atoms with Gasteiger partial charge in [-0.2, -0.15) is 0 Å². The number of likely N-dealkylation sites (N-methyl/N-ethyl adjacent to an activating group) is 1. The molecular weight excluding hydrogens is 192 g/mol.